The van der Waals surface area contributed by atoms with Crippen LogP contribution in [-0.4, -0.2) is 34.0 Å². The second kappa shape index (κ2) is 5.21. The monoisotopic (exact) mass is 312 g/mol. The summed E-state index contributed by atoms with van der Waals surface area (Å²) in [5.41, 5.74) is 0. The van der Waals surface area contributed by atoms with Crippen LogP contribution in [0, 0.1) is 0 Å². The van der Waals surface area contributed by atoms with E-state index in [0.29, 0.717) is 0 Å². The van der Waals surface area contributed by atoms with Crippen LogP contribution in [0.15, 0.2) is 0 Å². The SMILES string of the molecule is CCCCC(P(=O)(O)O)(P(=O)(O)O)P(=O)(O)O. The zero-order valence-corrected chi connectivity index (χ0v) is 11.6. The average molecular weight is 312 g/mol. The van der Waals surface area contributed by atoms with Crippen LogP contribution in [0.3, 0.4) is 0 Å². The molecule has 0 aromatic carbocycles. The van der Waals surface area contributed by atoms with Crippen LogP contribution in [0.25, 0.3) is 0 Å². The fourth-order valence-corrected chi connectivity index (χ4v) is 6.78. The third-order valence-electron chi connectivity index (χ3n) is 2.27. The van der Waals surface area contributed by atoms with E-state index in [4.69, 9.17) is 29.4 Å². The summed E-state index contributed by atoms with van der Waals surface area (Å²) in [6.07, 6.45) is -0.828. The van der Waals surface area contributed by atoms with Gasteiger partial charge in [-0.05, 0) is 6.42 Å². The molecule has 0 atom stereocenters. The van der Waals surface area contributed by atoms with Crippen molar-refractivity contribution in [1.29, 1.82) is 0 Å². The maximum Gasteiger partial charge on any atom is 0.356 e. The molecule has 0 saturated carbocycles. The predicted octanol–water partition coefficient (Wildman–Crippen LogP) is 0.363. The lowest BCUT2D eigenvalue weighted by Gasteiger charge is -2.34. The molecular formula is C5H15O9P3. The summed E-state index contributed by atoms with van der Waals surface area (Å²) in [5.74, 6) is 0. The van der Waals surface area contributed by atoms with E-state index in [2.05, 4.69) is 0 Å². The zero-order valence-electron chi connectivity index (χ0n) is 8.87. The summed E-state index contributed by atoms with van der Waals surface area (Å²) in [6, 6.07) is 0. The largest absolute Gasteiger partial charge is 0.356 e. The molecule has 0 aromatic heterocycles. The van der Waals surface area contributed by atoms with Crippen molar-refractivity contribution in [3.05, 3.63) is 0 Å². The lowest BCUT2D eigenvalue weighted by Crippen LogP contribution is -2.29. The normalized spacial score (nSPS) is 15.0. The van der Waals surface area contributed by atoms with Crippen molar-refractivity contribution in [2.45, 2.75) is 30.8 Å². The van der Waals surface area contributed by atoms with Crippen molar-refractivity contribution in [2.75, 3.05) is 0 Å². The van der Waals surface area contributed by atoms with Crippen LogP contribution in [-0.2, 0) is 13.7 Å². The fraction of sp³-hybridized carbons (Fsp3) is 1.00. The molecule has 9 nitrogen and oxygen atoms in total. The van der Waals surface area contributed by atoms with Gasteiger partial charge in [-0.2, -0.15) is 0 Å². The van der Waals surface area contributed by atoms with E-state index in [9.17, 15) is 13.7 Å². The van der Waals surface area contributed by atoms with E-state index in [0.717, 1.165) is 0 Å². The maximum absolute atomic E-state index is 11.2. The molecule has 6 N–H and O–H groups in total. The van der Waals surface area contributed by atoms with Crippen molar-refractivity contribution in [3.63, 3.8) is 0 Å². The van der Waals surface area contributed by atoms with Gasteiger partial charge in [0.05, 0.1) is 0 Å². The molecule has 0 spiro atoms. The van der Waals surface area contributed by atoms with E-state index in [1.807, 2.05) is 0 Å². The van der Waals surface area contributed by atoms with Crippen LogP contribution in [0.1, 0.15) is 26.2 Å². The van der Waals surface area contributed by atoms with Gasteiger partial charge in [-0.1, -0.05) is 19.8 Å². The fourth-order valence-electron chi connectivity index (χ4n) is 1.36. The Balaban J connectivity index is 6.04. The van der Waals surface area contributed by atoms with Crippen LogP contribution in [0.5, 0.6) is 0 Å². The Labute approximate surface area is 97.4 Å². The third kappa shape index (κ3) is 3.26. The minimum absolute atomic E-state index is 0.138. The minimum Gasteiger partial charge on any atom is -0.323 e. The van der Waals surface area contributed by atoms with Crippen molar-refractivity contribution in [3.8, 4) is 0 Å². The maximum atomic E-state index is 11.2. The summed E-state index contributed by atoms with van der Waals surface area (Å²) < 4.78 is 29.9. The van der Waals surface area contributed by atoms with Gasteiger partial charge in [0.25, 0.3) is 4.64 Å². The Morgan fingerprint density at radius 2 is 1.12 bits per heavy atom. The molecule has 0 aromatic rings. The Kier molecular flexibility index (Phi) is 5.35. The van der Waals surface area contributed by atoms with Gasteiger partial charge < -0.3 is 29.4 Å². The van der Waals surface area contributed by atoms with Crippen LogP contribution in [0.4, 0.5) is 0 Å². The highest BCUT2D eigenvalue weighted by Crippen LogP contribution is 2.84. The first-order valence-electron chi connectivity index (χ1n) is 4.48. The molecule has 12 heteroatoms. The predicted molar refractivity (Wildman–Crippen MR) is 58.4 cm³/mol. The number of rotatable bonds is 6. The molecule has 104 valence electrons. The second-order valence-electron chi connectivity index (χ2n) is 3.51. The molecule has 0 bridgehead atoms. The summed E-state index contributed by atoms with van der Waals surface area (Å²) in [7, 11) is -17.1. The molecule has 0 radical (unpaired) electrons. The Morgan fingerprint density at radius 3 is 1.29 bits per heavy atom. The quantitative estimate of drug-likeness (QED) is 0.378. The van der Waals surface area contributed by atoms with Gasteiger partial charge in [-0.3, -0.25) is 13.7 Å². The van der Waals surface area contributed by atoms with Crippen molar-refractivity contribution in [2.24, 2.45) is 0 Å². The Morgan fingerprint density at radius 1 is 0.824 bits per heavy atom. The average Bonchev–Trinajstić information content (AvgIpc) is 1.96. The van der Waals surface area contributed by atoms with Gasteiger partial charge in [0.2, 0.25) is 0 Å². The highest BCUT2D eigenvalue weighted by Gasteiger charge is 2.70. The first-order valence-corrected chi connectivity index (χ1v) is 9.32. The van der Waals surface area contributed by atoms with Gasteiger partial charge in [-0.25, -0.2) is 0 Å². The van der Waals surface area contributed by atoms with E-state index < -0.39 is 33.8 Å². The number of hydrogen-bond donors (Lipinski definition) is 6. The first-order chi connectivity index (χ1) is 7.31. The molecule has 0 unspecified atom stereocenters. The van der Waals surface area contributed by atoms with E-state index in [-0.39, 0.29) is 12.8 Å². The summed E-state index contributed by atoms with van der Waals surface area (Å²) >= 11 is 0. The lowest BCUT2D eigenvalue weighted by molar-refractivity contribution is 0.294. The Bertz CT molecular complexity index is 344. The van der Waals surface area contributed by atoms with Crippen LogP contribution >= 0.6 is 22.8 Å². The van der Waals surface area contributed by atoms with E-state index in [1.165, 1.54) is 0 Å². The number of unbranched alkanes of at least 4 members (excludes halogenated alkanes) is 1. The molecule has 0 amide bonds. The van der Waals surface area contributed by atoms with Gasteiger partial charge in [0.15, 0.2) is 0 Å². The molecule has 0 aliphatic heterocycles. The van der Waals surface area contributed by atoms with Crippen LogP contribution in [0.2, 0.25) is 0 Å². The van der Waals surface area contributed by atoms with Crippen molar-refractivity contribution in [1.82, 2.24) is 0 Å². The second-order valence-corrected chi connectivity index (χ2v) is 10.1. The molecule has 17 heavy (non-hydrogen) atoms. The summed E-state index contributed by atoms with van der Waals surface area (Å²) in [6.45, 7) is 1.55. The minimum atomic E-state index is -5.71. The zero-order chi connectivity index (χ0) is 14.1. The van der Waals surface area contributed by atoms with E-state index in [1.54, 1.807) is 6.92 Å². The highest BCUT2D eigenvalue weighted by atomic mass is 31.3. The molecule has 0 fully saturated rings. The van der Waals surface area contributed by atoms with Gasteiger partial charge in [0, 0.05) is 0 Å². The molecule has 0 saturated heterocycles. The first kappa shape index (κ1) is 17.4. The molecule has 0 rings (SSSR count). The van der Waals surface area contributed by atoms with Crippen LogP contribution < -0.4 is 0 Å². The number of hydrogen-bond acceptors (Lipinski definition) is 3. The molecule has 0 aliphatic rings. The third-order valence-corrected chi connectivity index (χ3v) is 10.4. The Hall–Kier alpha value is 0.450. The molecule has 0 heterocycles. The van der Waals surface area contributed by atoms with Crippen molar-refractivity contribution >= 4 is 22.8 Å². The van der Waals surface area contributed by atoms with Gasteiger partial charge in [0.1, 0.15) is 0 Å². The lowest BCUT2D eigenvalue weighted by atomic mass is 10.3. The standard InChI is InChI=1S/C5H15O9P3/c1-2-3-4-5(15(6,7)8,16(9,10)11)17(12,13)14/h2-4H2,1H3,(H2,6,7,8)(H2,9,10,11)(H2,12,13,14). The van der Waals surface area contributed by atoms with Crippen molar-refractivity contribution < 1.29 is 43.1 Å². The molecular weight excluding hydrogens is 297 g/mol. The van der Waals surface area contributed by atoms with E-state index >= 15 is 0 Å². The summed E-state index contributed by atoms with van der Waals surface area (Å²) in [4.78, 5) is 53.7. The summed E-state index contributed by atoms with van der Waals surface area (Å²) in [5, 5.41) is 0. The smallest absolute Gasteiger partial charge is 0.323 e. The van der Waals surface area contributed by atoms with Gasteiger partial charge >= 0.3 is 22.8 Å². The molecule has 0 aliphatic carbocycles. The topological polar surface area (TPSA) is 173 Å². The van der Waals surface area contributed by atoms with Gasteiger partial charge in [-0.15, -0.1) is 0 Å². The highest BCUT2D eigenvalue weighted by molar-refractivity contribution is 7.88.